The van der Waals surface area contributed by atoms with Crippen molar-refractivity contribution in [3.63, 3.8) is 0 Å². The first-order chi connectivity index (χ1) is 11.4. The van der Waals surface area contributed by atoms with Gasteiger partial charge < -0.3 is 4.57 Å². The topological polar surface area (TPSA) is 17.8 Å². The van der Waals surface area contributed by atoms with E-state index in [9.17, 15) is 13.2 Å². The molecular formula is C18H14BF3N2. The Kier molecular flexibility index (Phi) is 4.22. The number of benzene rings is 2. The molecule has 3 aromatic rings. The second kappa shape index (κ2) is 6.19. The maximum atomic E-state index is 12.9. The number of aromatic nitrogens is 2. The van der Waals surface area contributed by atoms with E-state index < -0.39 is 18.0 Å². The summed E-state index contributed by atoms with van der Waals surface area (Å²) >= 11 is 0. The standard InChI is InChI=1S/C18H14BF3N2/c19-18(14-7-3-1-4-8-14,15-9-5-2-6-10-15)16-23-11-12-24(16)13-17(20,21)22/h1-12H,13H2. The predicted molar refractivity (Wildman–Crippen MR) is 86.8 cm³/mol. The molecule has 0 bridgehead atoms. The maximum absolute atomic E-state index is 12.9. The van der Waals surface area contributed by atoms with Crippen molar-refractivity contribution < 1.29 is 13.2 Å². The minimum atomic E-state index is -4.36. The largest absolute Gasteiger partial charge is 0.406 e. The van der Waals surface area contributed by atoms with Gasteiger partial charge in [0.25, 0.3) is 0 Å². The summed E-state index contributed by atoms with van der Waals surface area (Å²) in [6, 6.07) is 18.0. The quantitative estimate of drug-likeness (QED) is 0.665. The first-order valence-electron chi connectivity index (χ1n) is 7.39. The molecule has 0 unspecified atom stereocenters. The highest BCUT2D eigenvalue weighted by molar-refractivity contribution is 6.20. The molecule has 0 fully saturated rings. The normalized spacial score (nSPS) is 12.3. The molecule has 24 heavy (non-hydrogen) atoms. The molecule has 120 valence electrons. The van der Waals surface area contributed by atoms with E-state index in [-0.39, 0.29) is 5.82 Å². The van der Waals surface area contributed by atoms with Crippen molar-refractivity contribution in [2.75, 3.05) is 0 Å². The Hall–Kier alpha value is -2.50. The Morgan fingerprint density at radius 2 is 1.38 bits per heavy atom. The van der Waals surface area contributed by atoms with Crippen molar-refractivity contribution in [1.82, 2.24) is 9.55 Å². The van der Waals surface area contributed by atoms with Crippen LogP contribution in [0.3, 0.4) is 0 Å². The number of imidazole rings is 1. The van der Waals surface area contributed by atoms with Crippen molar-refractivity contribution in [1.29, 1.82) is 0 Å². The average Bonchev–Trinajstić information content (AvgIpc) is 3.02. The lowest BCUT2D eigenvalue weighted by Crippen LogP contribution is -2.35. The minimum absolute atomic E-state index is 0.150. The van der Waals surface area contributed by atoms with E-state index in [0.717, 1.165) is 4.57 Å². The zero-order chi connectivity index (χ0) is 17.2. The molecule has 0 saturated heterocycles. The van der Waals surface area contributed by atoms with Crippen molar-refractivity contribution in [2.45, 2.75) is 18.0 Å². The van der Waals surface area contributed by atoms with Crippen LogP contribution in [-0.4, -0.2) is 23.6 Å². The summed E-state index contributed by atoms with van der Waals surface area (Å²) in [6.07, 6.45) is -1.71. The fourth-order valence-electron chi connectivity index (χ4n) is 2.81. The summed E-state index contributed by atoms with van der Waals surface area (Å²) in [7, 11) is 6.68. The number of halogens is 3. The van der Waals surface area contributed by atoms with Gasteiger partial charge in [0.1, 0.15) is 12.4 Å². The van der Waals surface area contributed by atoms with E-state index >= 15 is 0 Å². The molecule has 2 radical (unpaired) electrons. The van der Waals surface area contributed by atoms with E-state index in [1.807, 2.05) is 12.1 Å². The lowest BCUT2D eigenvalue weighted by Gasteiger charge is -2.32. The van der Waals surface area contributed by atoms with Crippen LogP contribution in [0.2, 0.25) is 0 Å². The van der Waals surface area contributed by atoms with Crippen molar-refractivity contribution >= 4 is 7.85 Å². The lowest BCUT2D eigenvalue weighted by atomic mass is 9.59. The monoisotopic (exact) mass is 326 g/mol. The third-order valence-corrected chi connectivity index (χ3v) is 3.88. The summed E-state index contributed by atoms with van der Waals surface area (Å²) in [5.74, 6) is 0.150. The molecular weight excluding hydrogens is 312 g/mol. The van der Waals surface area contributed by atoms with Gasteiger partial charge in [-0.15, -0.1) is 0 Å². The minimum Gasteiger partial charge on any atom is -0.325 e. The van der Waals surface area contributed by atoms with Gasteiger partial charge in [0.15, 0.2) is 0 Å². The van der Waals surface area contributed by atoms with Gasteiger partial charge in [-0.2, -0.15) is 13.2 Å². The summed E-state index contributed by atoms with van der Waals surface area (Å²) < 4.78 is 39.8. The molecule has 0 amide bonds. The van der Waals surface area contributed by atoms with Gasteiger partial charge in [0, 0.05) is 17.7 Å². The molecule has 1 aromatic heterocycles. The Morgan fingerprint density at radius 3 is 1.83 bits per heavy atom. The number of alkyl halides is 3. The predicted octanol–water partition coefficient (Wildman–Crippen LogP) is 3.91. The zero-order valence-corrected chi connectivity index (χ0v) is 12.7. The zero-order valence-electron chi connectivity index (χ0n) is 12.7. The van der Waals surface area contributed by atoms with Crippen molar-refractivity contribution in [3.05, 3.63) is 90.0 Å². The third kappa shape index (κ3) is 3.09. The first-order valence-corrected chi connectivity index (χ1v) is 7.39. The van der Waals surface area contributed by atoms with E-state index in [0.29, 0.717) is 11.1 Å². The average molecular weight is 326 g/mol. The third-order valence-electron chi connectivity index (χ3n) is 3.88. The number of rotatable bonds is 4. The maximum Gasteiger partial charge on any atom is 0.406 e. The molecule has 6 heteroatoms. The SMILES string of the molecule is [B]C(c1ccccc1)(c1ccccc1)c1nccn1CC(F)(F)F. The summed E-state index contributed by atoms with van der Waals surface area (Å²) in [6.45, 7) is -1.14. The molecule has 2 aromatic carbocycles. The van der Waals surface area contributed by atoms with Crippen LogP contribution in [0.25, 0.3) is 0 Å². The molecule has 0 aliphatic carbocycles. The molecule has 0 atom stereocenters. The fourth-order valence-corrected chi connectivity index (χ4v) is 2.81. The van der Waals surface area contributed by atoms with Gasteiger partial charge >= 0.3 is 6.18 Å². The van der Waals surface area contributed by atoms with Gasteiger partial charge in [0.2, 0.25) is 0 Å². The molecule has 0 saturated carbocycles. The molecule has 0 spiro atoms. The fraction of sp³-hybridized carbons (Fsp3) is 0.167. The molecule has 2 nitrogen and oxygen atoms in total. The highest BCUT2D eigenvalue weighted by Gasteiger charge is 2.37. The molecule has 1 heterocycles. The lowest BCUT2D eigenvalue weighted by molar-refractivity contribution is -0.141. The molecule has 0 aliphatic heterocycles. The van der Waals surface area contributed by atoms with Crippen molar-refractivity contribution in [3.8, 4) is 0 Å². The van der Waals surface area contributed by atoms with Crippen molar-refractivity contribution in [2.24, 2.45) is 0 Å². The van der Waals surface area contributed by atoms with Crippen LogP contribution in [0.5, 0.6) is 0 Å². The van der Waals surface area contributed by atoms with Gasteiger partial charge in [-0.1, -0.05) is 60.7 Å². The van der Waals surface area contributed by atoms with Gasteiger partial charge in [-0.05, 0) is 11.1 Å². The van der Waals surface area contributed by atoms with E-state index in [1.165, 1.54) is 12.4 Å². The molecule has 0 aliphatic rings. The summed E-state index contributed by atoms with van der Waals surface area (Å²) in [5.41, 5.74) is 1.34. The van der Waals surface area contributed by atoms with E-state index in [1.54, 1.807) is 48.5 Å². The second-order valence-electron chi connectivity index (χ2n) is 5.53. The van der Waals surface area contributed by atoms with Gasteiger partial charge in [-0.25, -0.2) is 4.98 Å². The van der Waals surface area contributed by atoms with Crippen LogP contribution >= 0.6 is 0 Å². The van der Waals surface area contributed by atoms with Gasteiger partial charge in [-0.3, -0.25) is 0 Å². The second-order valence-corrected chi connectivity index (χ2v) is 5.53. The smallest absolute Gasteiger partial charge is 0.325 e. The van der Waals surface area contributed by atoms with Gasteiger partial charge in [0.05, 0.1) is 7.85 Å². The van der Waals surface area contributed by atoms with E-state index in [2.05, 4.69) is 4.98 Å². The number of hydrogen-bond donors (Lipinski definition) is 0. The molecule has 3 rings (SSSR count). The van der Waals surface area contributed by atoms with Crippen LogP contribution < -0.4 is 0 Å². The highest BCUT2D eigenvalue weighted by Crippen LogP contribution is 2.36. The summed E-state index contributed by atoms with van der Waals surface area (Å²) in [4.78, 5) is 4.16. The molecule has 0 N–H and O–H groups in total. The number of nitrogens with zero attached hydrogens (tertiary/aromatic N) is 2. The Labute approximate surface area is 139 Å². The van der Waals surface area contributed by atoms with Crippen LogP contribution in [-0.2, 0) is 11.9 Å². The van der Waals surface area contributed by atoms with Crippen LogP contribution in [0.15, 0.2) is 73.1 Å². The van der Waals surface area contributed by atoms with Crippen LogP contribution in [0.1, 0.15) is 17.0 Å². The Morgan fingerprint density at radius 1 is 0.875 bits per heavy atom. The van der Waals surface area contributed by atoms with Crippen LogP contribution in [0.4, 0.5) is 13.2 Å². The van der Waals surface area contributed by atoms with E-state index in [4.69, 9.17) is 7.85 Å². The number of hydrogen-bond acceptors (Lipinski definition) is 1. The Bertz CT molecular complexity index is 758. The van der Waals surface area contributed by atoms with Crippen LogP contribution in [0, 0.1) is 0 Å². The highest BCUT2D eigenvalue weighted by atomic mass is 19.4. The Balaban J connectivity index is 2.19. The first kappa shape index (κ1) is 16.4. The summed E-state index contributed by atoms with van der Waals surface area (Å²) in [5, 5.41) is -1.28.